The van der Waals surface area contributed by atoms with Gasteiger partial charge >= 0.3 is 5.97 Å². The van der Waals surface area contributed by atoms with Crippen molar-refractivity contribution < 1.29 is 19.4 Å². The molecule has 0 amide bonds. The second-order valence-corrected chi connectivity index (χ2v) is 8.84. The van der Waals surface area contributed by atoms with Gasteiger partial charge in [0, 0.05) is 31.0 Å². The Balaban J connectivity index is 1.79. The molecule has 0 saturated carbocycles. The Labute approximate surface area is 204 Å². The van der Waals surface area contributed by atoms with Crippen molar-refractivity contribution in [1.29, 1.82) is 0 Å². The smallest absolute Gasteiger partial charge is 0.331 e. The van der Waals surface area contributed by atoms with E-state index in [0.29, 0.717) is 25.2 Å². The Morgan fingerprint density at radius 2 is 1.65 bits per heavy atom. The lowest BCUT2D eigenvalue weighted by Crippen LogP contribution is -2.24. The molecule has 3 rings (SSSR count). The van der Waals surface area contributed by atoms with E-state index >= 15 is 0 Å². The molecule has 34 heavy (non-hydrogen) atoms. The predicted octanol–water partition coefficient (Wildman–Crippen LogP) is 6.81. The van der Waals surface area contributed by atoms with E-state index in [-0.39, 0.29) is 0 Å². The molecule has 184 valence electrons. The van der Waals surface area contributed by atoms with E-state index in [2.05, 4.69) is 42.2 Å². The van der Waals surface area contributed by atoms with Crippen LogP contribution in [0.25, 0.3) is 17.2 Å². The first-order valence-corrected chi connectivity index (χ1v) is 12.8. The molecule has 0 aliphatic carbocycles. The second kappa shape index (κ2) is 13.8. The van der Waals surface area contributed by atoms with E-state index in [1.807, 2.05) is 25.1 Å². The maximum Gasteiger partial charge on any atom is 0.331 e. The Morgan fingerprint density at radius 3 is 2.29 bits per heavy atom. The van der Waals surface area contributed by atoms with Crippen LogP contribution in [0.15, 0.2) is 48.0 Å². The maximum absolute atomic E-state index is 11.7. The predicted molar refractivity (Wildman–Crippen MR) is 140 cm³/mol. The van der Waals surface area contributed by atoms with Gasteiger partial charge in [0.25, 0.3) is 0 Å². The molecule has 1 saturated heterocycles. The third-order valence-electron chi connectivity index (χ3n) is 6.29. The summed E-state index contributed by atoms with van der Waals surface area (Å²) in [5, 5.41) is 9.62. The van der Waals surface area contributed by atoms with Crippen LogP contribution in [-0.2, 0) is 9.53 Å². The number of hydrogen-bond acceptors (Lipinski definition) is 4. The van der Waals surface area contributed by atoms with Crippen molar-refractivity contribution >= 4 is 17.7 Å². The van der Waals surface area contributed by atoms with Gasteiger partial charge in [0.05, 0.1) is 6.61 Å². The van der Waals surface area contributed by atoms with E-state index in [1.54, 1.807) is 0 Å². The van der Waals surface area contributed by atoms with E-state index in [9.17, 15) is 9.90 Å². The van der Waals surface area contributed by atoms with Gasteiger partial charge in [-0.05, 0) is 72.7 Å². The minimum Gasteiger partial charge on any atom is -0.491 e. The number of aliphatic carboxylic acids is 1. The molecule has 1 aliphatic heterocycles. The average Bonchev–Trinajstić information content (AvgIpc) is 3.14. The number of rotatable bonds is 12. The fourth-order valence-corrected chi connectivity index (χ4v) is 4.26. The Kier molecular flexibility index (Phi) is 10.5. The number of benzene rings is 2. The zero-order valence-electron chi connectivity index (χ0n) is 20.7. The van der Waals surface area contributed by atoms with Crippen molar-refractivity contribution in [2.75, 3.05) is 37.8 Å². The van der Waals surface area contributed by atoms with E-state index in [0.717, 1.165) is 60.7 Å². The quantitative estimate of drug-likeness (QED) is 0.276. The lowest BCUT2D eigenvalue weighted by atomic mass is 9.99. The Bertz CT molecular complexity index is 928. The fourth-order valence-electron chi connectivity index (χ4n) is 4.26. The summed E-state index contributed by atoms with van der Waals surface area (Å²) in [5.74, 6) is -0.0295. The standard InChI is InChI=1S/C29H39NO4/c1-3-5-18-33-19-20-34-27-13-10-24(11-14-27)25-12-15-28(30-16-8-6-7-9-17-30)26(22-25)21-23(4-2)29(31)32/h10-15,21-22H,3-9,16-20H2,1-2H3,(H,31,32)/b23-21+. The Morgan fingerprint density at radius 1 is 0.941 bits per heavy atom. The molecule has 1 heterocycles. The molecule has 5 heteroatoms. The summed E-state index contributed by atoms with van der Waals surface area (Å²) in [7, 11) is 0. The van der Waals surface area contributed by atoms with Gasteiger partial charge in [0.2, 0.25) is 0 Å². The third-order valence-corrected chi connectivity index (χ3v) is 6.29. The van der Waals surface area contributed by atoms with Crippen LogP contribution in [0, 0.1) is 0 Å². The molecule has 1 fully saturated rings. The number of hydrogen-bond donors (Lipinski definition) is 1. The van der Waals surface area contributed by atoms with Gasteiger partial charge in [-0.3, -0.25) is 0 Å². The van der Waals surface area contributed by atoms with Gasteiger partial charge < -0.3 is 19.5 Å². The van der Waals surface area contributed by atoms with E-state index < -0.39 is 5.97 Å². The number of carboxylic acid groups (broad SMARTS) is 1. The monoisotopic (exact) mass is 465 g/mol. The van der Waals surface area contributed by atoms with E-state index in [1.165, 1.54) is 25.7 Å². The van der Waals surface area contributed by atoms with Gasteiger partial charge in [0.1, 0.15) is 12.4 Å². The highest BCUT2D eigenvalue weighted by atomic mass is 16.5. The highest BCUT2D eigenvalue weighted by Gasteiger charge is 2.15. The first kappa shape index (κ1) is 25.8. The molecule has 1 aliphatic rings. The third kappa shape index (κ3) is 7.63. The molecule has 0 atom stereocenters. The highest BCUT2D eigenvalue weighted by molar-refractivity contribution is 5.93. The number of nitrogens with zero attached hydrogens (tertiary/aromatic N) is 1. The molecular formula is C29H39NO4. The lowest BCUT2D eigenvalue weighted by molar-refractivity contribution is -0.132. The van der Waals surface area contributed by atoms with Gasteiger partial charge in [-0.2, -0.15) is 0 Å². The van der Waals surface area contributed by atoms with Crippen molar-refractivity contribution in [3.8, 4) is 16.9 Å². The van der Waals surface area contributed by atoms with Gasteiger partial charge in [-0.1, -0.05) is 51.3 Å². The van der Waals surface area contributed by atoms with Crippen molar-refractivity contribution in [2.24, 2.45) is 0 Å². The summed E-state index contributed by atoms with van der Waals surface area (Å²) in [4.78, 5) is 14.1. The van der Waals surface area contributed by atoms with Gasteiger partial charge in [-0.25, -0.2) is 4.79 Å². The first-order chi connectivity index (χ1) is 16.6. The molecule has 5 nitrogen and oxygen atoms in total. The van der Waals surface area contributed by atoms with Crippen molar-refractivity contribution in [3.63, 3.8) is 0 Å². The summed E-state index contributed by atoms with van der Waals surface area (Å²) >= 11 is 0. The van der Waals surface area contributed by atoms with Crippen LogP contribution in [0.2, 0.25) is 0 Å². The average molecular weight is 466 g/mol. The molecule has 0 radical (unpaired) electrons. The number of carboxylic acids is 1. The SMILES string of the molecule is CCCCOCCOc1ccc(-c2ccc(N3CCCCCC3)c(/C=C(\CC)C(=O)O)c2)cc1. The molecule has 0 bridgehead atoms. The summed E-state index contributed by atoms with van der Waals surface area (Å²) in [6.07, 6.45) is 9.42. The largest absolute Gasteiger partial charge is 0.491 e. The summed E-state index contributed by atoms with van der Waals surface area (Å²) < 4.78 is 11.4. The molecule has 0 unspecified atom stereocenters. The molecule has 0 aromatic heterocycles. The van der Waals surface area contributed by atoms with Crippen molar-refractivity contribution in [3.05, 3.63) is 53.6 Å². The topological polar surface area (TPSA) is 59.0 Å². The fraction of sp³-hybridized carbons (Fsp3) is 0.483. The Hall–Kier alpha value is -2.79. The molecule has 2 aromatic rings. The minimum absolute atomic E-state index is 0.429. The number of ether oxygens (including phenoxy) is 2. The lowest BCUT2D eigenvalue weighted by Gasteiger charge is -2.25. The summed E-state index contributed by atoms with van der Waals surface area (Å²) in [6.45, 7) is 7.99. The van der Waals surface area contributed by atoms with Crippen LogP contribution in [0.1, 0.15) is 64.4 Å². The summed E-state index contributed by atoms with van der Waals surface area (Å²) in [5.41, 5.74) is 4.68. The van der Waals surface area contributed by atoms with Crippen LogP contribution >= 0.6 is 0 Å². The molecule has 1 N–H and O–H groups in total. The van der Waals surface area contributed by atoms with Crippen LogP contribution in [0.4, 0.5) is 5.69 Å². The van der Waals surface area contributed by atoms with Crippen LogP contribution < -0.4 is 9.64 Å². The van der Waals surface area contributed by atoms with E-state index in [4.69, 9.17) is 9.47 Å². The second-order valence-electron chi connectivity index (χ2n) is 8.84. The van der Waals surface area contributed by atoms with Gasteiger partial charge in [-0.15, -0.1) is 0 Å². The zero-order valence-corrected chi connectivity index (χ0v) is 20.7. The summed E-state index contributed by atoms with van der Waals surface area (Å²) in [6, 6.07) is 14.5. The van der Waals surface area contributed by atoms with Crippen molar-refractivity contribution in [2.45, 2.75) is 58.8 Å². The normalized spacial score (nSPS) is 14.6. The molecule has 2 aromatic carbocycles. The molecule has 0 spiro atoms. The highest BCUT2D eigenvalue weighted by Crippen LogP contribution is 2.32. The minimum atomic E-state index is -0.852. The number of anilines is 1. The van der Waals surface area contributed by atoms with Gasteiger partial charge in [0.15, 0.2) is 0 Å². The van der Waals surface area contributed by atoms with Crippen molar-refractivity contribution in [1.82, 2.24) is 0 Å². The first-order valence-electron chi connectivity index (χ1n) is 12.8. The zero-order chi connectivity index (χ0) is 24.2. The molecular weight excluding hydrogens is 426 g/mol. The van der Waals surface area contributed by atoms with Crippen LogP contribution in [-0.4, -0.2) is 44.0 Å². The number of unbranched alkanes of at least 4 members (excludes halogenated alkanes) is 1. The maximum atomic E-state index is 11.7. The van der Waals surface area contributed by atoms with Crippen LogP contribution in [0.3, 0.4) is 0 Å². The van der Waals surface area contributed by atoms with Crippen LogP contribution in [0.5, 0.6) is 5.75 Å². The number of carbonyl (C=O) groups is 1.